The standard InChI is InChI=1S/C20H33N5O4/c1-3-5-7-9-27-16-14(11-26)29-20(17(16)28-10-8-6-4-2)25-13-24-15-18(21)22-12-23-19(15)25/h12-14,16-17,20,26H,3-11H2,1-2H3,(H2,21,22,23)/t14-,16-,17+,20-/m1/s1. The van der Waals surface area contributed by atoms with Crippen LogP contribution in [0.4, 0.5) is 5.82 Å². The van der Waals surface area contributed by atoms with Gasteiger partial charge in [0.05, 0.1) is 12.9 Å². The smallest absolute Gasteiger partial charge is 0.167 e. The molecule has 1 fully saturated rings. The molecule has 2 aromatic heterocycles. The van der Waals surface area contributed by atoms with Crippen LogP contribution in [0, 0.1) is 0 Å². The van der Waals surface area contributed by atoms with Crippen molar-refractivity contribution < 1.29 is 19.3 Å². The van der Waals surface area contributed by atoms with Crippen LogP contribution >= 0.6 is 0 Å². The fourth-order valence-corrected chi connectivity index (χ4v) is 3.66. The second-order valence-electron chi connectivity index (χ2n) is 7.42. The molecule has 0 radical (unpaired) electrons. The number of nitrogens with two attached hydrogens (primary N) is 1. The van der Waals surface area contributed by atoms with Gasteiger partial charge < -0.3 is 25.1 Å². The zero-order valence-electron chi connectivity index (χ0n) is 17.4. The van der Waals surface area contributed by atoms with Crippen LogP contribution in [0.15, 0.2) is 12.7 Å². The SMILES string of the molecule is CCCCCO[C@H]1[C@H](OCCCCC)[C@@H](CO)O[C@H]1n1cnc2c(N)ncnc21. The van der Waals surface area contributed by atoms with Crippen molar-refractivity contribution in [2.45, 2.75) is 76.9 Å². The molecular weight excluding hydrogens is 374 g/mol. The van der Waals surface area contributed by atoms with E-state index in [1.54, 1.807) is 10.9 Å². The number of hydrogen-bond acceptors (Lipinski definition) is 8. The highest BCUT2D eigenvalue weighted by molar-refractivity contribution is 5.81. The Bertz CT molecular complexity index is 756. The molecule has 0 aliphatic carbocycles. The number of aliphatic hydroxyl groups excluding tert-OH is 1. The van der Waals surface area contributed by atoms with Crippen molar-refractivity contribution in [3.63, 3.8) is 0 Å². The summed E-state index contributed by atoms with van der Waals surface area (Å²) in [5, 5.41) is 9.91. The first kappa shape index (κ1) is 21.9. The Morgan fingerprint density at radius 3 is 2.38 bits per heavy atom. The summed E-state index contributed by atoms with van der Waals surface area (Å²) in [7, 11) is 0. The number of rotatable bonds is 12. The third-order valence-corrected chi connectivity index (χ3v) is 5.24. The van der Waals surface area contributed by atoms with Gasteiger partial charge in [0, 0.05) is 13.2 Å². The number of fused-ring (bicyclic) bond motifs is 1. The van der Waals surface area contributed by atoms with Gasteiger partial charge in [0.15, 0.2) is 17.7 Å². The molecule has 1 aliphatic rings. The van der Waals surface area contributed by atoms with Crippen molar-refractivity contribution in [1.29, 1.82) is 0 Å². The largest absolute Gasteiger partial charge is 0.394 e. The van der Waals surface area contributed by atoms with Crippen LogP contribution in [0.2, 0.25) is 0 Å². The van der Waals surface area contributed by atoms with Gasteiger partial charge in [-0.2, -0.15) is 0 Å². The topological polar surface area (TPSA) is 118 Å². The van der Waals surface area contributed by atoms with E-state index < -0.39 is 12.3 Å². The Labute approximate surface area is 171 Å². The Hall–Kier alpha value is -1.81. The molecule has 3 rings (SSSR count). The molecule has 0 unspecified atom stereocenters. The van der Waals surface area contributed by atoms with Crippen LogP contribution in [0.1, 0.15) is 58.6 Å². The Morgan fingerprint density at radius 1 is 1.03 bits per heavy atom. The van der Waals surface area contributed by atoms with E-state index in [9.17, 15) is 5.11 Å². The van der Waals surface area contributed by atoms with Gasteiger partial charge in [-0.25, -0.2) is 15.0 Å². The zero-order chi connectivity index (χ0) is 20.6. The van der Waals surface area contributed by atoms with Crippen molar-refractivity contribution in [2.75, 3.05) is 25.6 Å². The molecule has 0 spiro atoms. The lowest BCUT2D eigenvalue weighted by atomic mass is 10.1. The molecule has 1 aliphatic heterocycles. The van der Waals surface area contributed by atoms with Gasteiger partial charge in [-0.15, -0.1) is 0 Å². The van der Waals surface area contributed by atoms with Gasteiger partial charge in [0.2, 0.25) is 0 Å². The van der Waals surface area contributed by atoms with Crippen LogP contribution < -0.4 is 5.73 Å². The van der Waals surface area contributed by atoms with Gasteiger partial charge in [-0.05, 0) is 12.8 Å². The monoisotopic (exact) mass is 407 g/mol. The van der Waals surface area contributed by atoms with Crippen molar-refractivity contribution >= 4 is 17.0 Å². The second kappa shape index (κ2) is 10.8. The Balaban J connectivity index is 1.83. The Kier molecular flexibility index (Phi) is 8.17. The molecule has 0 amide bonds. The van der Waals surface area contributed by atoms with E-state index in [2.05, 4.69) is 28.8 Å². The van der Waals surface area contributed by atoms with Crippen LogP contribution in [-0.4, -0.2) is 62.8 Å². The van der Waals surface area contributed by atoms with Crippen molar-refractivity contribution in [1.82, 2.24) is 19.5 Å². The quantitative estimate of drug-likeness (QED) is 0.515. The van der Waals surface area contributed by atoms with E-state index in [0.29, 0.717) is 30.2 Å². The molecule has 1 saturated heterocycles. The maximum atomic E-state index is 9.91. The maximum absolute atomic E-state index is 9.91. The zero-order valence-corrected chi connectivity index (χ0v) is 17.4. The predicted molar refractivity (Wildman–Crippen MR) is 109 cm³/mol. The second-order valence-corrected chi connectivity index (χ2v) is 7.42. The fraction of sp³-hybridized carbons (Fsp3) is 0.750. The van der Waals surface area contributed by atoms with Crippen molar-refractivity contribution in [3.8, 4) is 0 Å². The minimum absolute atomic E-state index is 0.145. The highest BCUT2D eigenvalue weighted by Gasteiger charge is 2.47. The summed E-state index contributed by atoms with van der Waals surface area (Å²) in [6, 6.07) is 0. The lowest BCUT2D eigenvalue weighted by molar-refractivity contribution is -0.0800. The van der Waals surface area contributed by atoms with Crippen LogP contribution in [0.25, 0.3) is 11.2 Å². The summed E-state index contributed by atoms with van der Waals surface area (Å²) in [6.45, 7) is 5.38. The molecule has 0 aromatic carbocycles. The van der Waals surface area contributed by atoms with E-state index in [0.717, 1.165) is 38.5 Å². The van der Waals surface area contributed by atoms with E-state index in [4.69, 9.17) is 19.9 Å². The molecule has 162 valence electrons. The molecule has 9 heteroatoms. The van der Waals surface area contributed by atoms with E-state index in [-0.39, 0.29) is 18.8 Å². The molecule has 29 heavy (non-hydrogen) atoms. The summed E-state index contributed by atoms with van der Waals surface area (Å²) >= 11 is 0. The summed E-state index contributed by atoms with van der Waals surface area (Å²) in [5.41, 5.74) is 7.03. The number of anilines is 1. The summed E-state index contributed by atoms with van der Waals surface area (Å²) in [5.74, 6) is 0.318. The summed E-state index contributed by atoms with van der Waals surface area (Å²) < 4.78 is 20.3. The normalized spacial score (nSPS) is 24.5. The number of nitrogens with zero attached hydrogens (tertiary/aromatic N) is 4. The molecular formula is C20H33N5O4. The maximum Gasteiger partial charge on any atom is 0.167 e. The van der Waals surface area contributed by atoms with E-state index >= 15 is 0 Å². The molecule has 4 atom stereocenters. The van der Waals surface area contributed by atoms with Gasteiger partial charge in [-0.3, -0.25) is 4.57 Å². The van der Waals surface area contributed by atoms with Gasteiger partial charge in [0.25, 0.3) is 0 Å². The predicted octanol–water partition coefficient (Wildman–Crippen LogP) is 2.45. The number of nitrogen functional groups attached to an aromatic ring is 1. The average molecular weight is 408 g/mol. The van der Waals surface area contributed by atoms with Gasteiger partial charge >= 0.3 is 0 Å². The molecule has 0 saturated carbocycles. The molecule has 9 nitrogen and oxygen atoms in total. The van der Waals surface area contributed by atoms with E-state index in [1.807, 2.05) is 0 Å². The molecule has 0 bridgehead atoms. The number of aromatic nitrogens is 4. The van der Waals surface area contributed by atoms with Crippen LogP contribution in [-0.2, 0) is 14.2 Å². The van der Waals surface area contributed by atoms with Gasteiger partial charge in [0.1, 0.15) is 30.2 Å². The lowest BCUT2D eigenvalue weighted by Gasteiger charge is -2.25. The fourth-order valence-electron chi connectivity index (χ4n) is 3.66. The van der Waals surface area contributed by atoms with Crippen LogP contribution in [0.3, 0.4) is 0 Å². The van der Waals surface area contributed by atoms with Crippen molar-refractivity contribution in [2.24, 2.45) is 0 Å². The minimum atomic E-state index is -0.510. The third-order valence-electron chi connectivity index (χ3n) is 5.24. The minimum Gasteiger partial charge on any atom is -0.394 e. The average Bonchev–Trinajstić information content (AvgIpc) is 3.30. The first-order valence-corrected chi connectivity index (χ1v) is 10.6. The highest BCUT2D eigenvalue weighted by Crippen LogP contribution is 2.35. The molecule has 3 heterocycles. The van der Waals surface area contributed by atoms with Crippen LogP contribution in [0.5, 0.6) is 0 Å². The lowest BCUT2D eigenvalue weighted by Crippen LogP contribution is -2.38. The van der Waals surface area contributed by atoms with E-state index in [1.165, 1.54) is 6.33 Å². The molecule has 2 aromatic rings. The Morgan fingerprint density at radius 2 is 1.72 bits per heavy atom. The van der Waals surface area contributed by atoms with Crippen molar-refractivity contribution in [3.05, 3.63) is 12.7 Å². The first-order valence-electron chi connectivity index (χ1n) is 10.6. The summed E-state index contributed by atoms with van der Waals surface area (Å²) in [4.78, 5) is 12.7. The first-order chi connectivity index (χ1) is 14.2. The number of ether oxygens (including phenoxy) is 3. The van der Waals surface area contributed by atoms with Gasteiger partial charge in [-0.1, -0.05) is 39.5 Å². The third kappa shape index (κ3) is 5.03. The molecule has 3 N–H and O–H groups in total. The summed E-state index contributed by atoms with van der Waals surface area (Å²) in [6.07, 6.45) is 7.69. The highest BCUT2D eigenvalue weighted by atomic mass is 16.6. The number of unbranched alkanes of at least 4 members (excludes halogenated alkanes) is 4. The number of hydrogen-bond donors (Lipinski definition) is 2. The number of aliphatic hydroxyl groups is 1. The number of imidazole rings is 1.